The van der Waals surface area contributed by atoms with Crippen LogP contribution in [0.1, 0.15) is 72.1 Å². The Morgan fingerprint density at radius 1 is 0.875 bits per heavy atom. The summed E-state index contributed by atoms with van der Waals surface area (Å²) in [4.78, 5) is 10.9. The first-order valence-corrected chi connectivity index (χ1v) is 9.32. The average Bonchev–Trinajstić information content (AvgIpc) is 2.49. The first-order chi connectivity index (χ1) is 11.2. The van der Waals surface area contributed by atoms with Crippen molar-refractivity contribution < 1.29 is 9.90 Å². The second-order valence-corrected chi connectivity index (χ2v) is 7.71. The molecule has 0 aliphatic carbocycles. The van der Waals surface area contributed by atoms with E-state index in [0.29, 0.717) is 11.5 Å². The molecular weight excluding hydrogens is 411 g/mol. The van der Waals surface area contributed by atoms with Gasteiger partial charge in [0.1, 0.15) is 0 Å². The number of carboxylic acid groups (broad SMARTS) is 1. The smallest absolute Gasteiger partial charge is 0.336 e. The monoisotopic (exact) mass is 438 g/mol. The molecule has 2 aromatic carbocycles. The van der Waals surface area contributed by atoms with E-state index in [4.69, 9.17) is 5.11 Å². The van der Waals surface area contributed by atoms with Crippen molar-refractivity contribution in [3.8, 4) is 0 Å². The highest BCUT2D eigenvalue weighted by Crippen LogP contribution is 2.23. The second kappa shape index (κ2) is 9.21. The van der Waals surface area contributed by atoms with Gasteiger partial charge in [-0.3, -0.25) is 0 Å². The maximum Gasteiger partial charge on any atom is 0.336 e. The zero-order valence-electron chi connectivity index (χ0n) is 15.4. The largest absolute Gasteiger partial charge is 0.478 e. The fourth-order valence-electron chi connectivity index (χ4n) is 2.58. The van der Waals surface area contributed by atoms with Crippen LogP contribution < -0.4 is 0 Å². The van der Waals surface area contributed by atoms with Crippen molar-refractivity contribution in [3.63, 3.8) is 0 Å². The van der Waals surface area contributed by atoms with Crippen LogP contribution in [0.2, 0.25) is 0 Å². The molecule has 130 valence electrons. The van der Waals surface area contributed by atoms with Crippen molar-refractivity contribution in [3.05, 3.63) is 67.8 Å². The van der Waals surface area contributed by atoms with Gasteiger partial charge in [0.2, 0.25) is 0 Å². The third kappa shape index (κ3) is 5.33. The highest BCUT2D eigenvalue weighted by molar-refractivity contribution is 14.1. The molecule has 2 nitrogen and oxygen atoms in total. The molecule has 0 atom stereocenters. The number of rotatable bonds is 3. The normalized spacial score (nSPS) is 10.5. The zero-order valence-corrected chi connectivity index (χ0v) is 17.5. The Morgan fingerprint density at radius 2 is 1.33 bits per heavy atom. The van der Waals surface area contributed by atoms with E-state index in [2.05, 4.69) is 61.6 Å². The molecule has 0 saturated carbocycles. The van der Waals surface area contributed by atoms with Crippen LogP contribution in [-0.2, 0) is 0 Å². The SMILES string of the molecule is Cc1cccc(C(C)C)c1C(=O)O.Cc1cccc(C(C)C)c1I. The summed E-state index contributed by atoms with van der Waals surface area (Å²) in [6.07, 6.45) is 0. The lowest BCUT2D eigenvalue weighted by atomic mass is 9.94. The van der Waals surface area contributed by atoms with Crippen molar-refractivity contribution in [1.82, 2.24) is 0 Å². The Hall–Kier alpha value is -1.36. The molecule has 3 heteroatoms. The summed E-state index contributed by atoms with van der Waals surface area (Å²) < 4.78 is 1.42. The van der Waals surface area contributed by atoms with E-state index in [1.54, 1.807) is 0 Å². The van der Waals surface area contributed by atoms with Crippen molar-refractivity contribution >= 4 is 28.6 Å². The van der Waals surface area contributed by atoms with Crippen LogP contribution in [0.15, 0.2) is 36.4 Å². The minimum atomic E-state index is -0.832. The van der Waals surface area contributed by atoms with Crippen LogP contribution in [-0.4, -0.2) is 11.1 Å². The molecule has 0 bridgehead atoms. The lowest BCUT2D eigenvalue weighted by Crippen LogP contribution is -2.06. The van der Waals surface area contributed by atoms with E-state index < -0.39 is 5.97 Å². The molecule has 1 N–H and O–H groups in total. The number of benzene rings is 2. The first-order valence-electron chi connectivity index (χ1n) is 8.24. The van der Waals surface area contributed by atoms with Gasteiger partial charge in [0.15, 0.2) is 0 Å². The molecule has 0 radical (unpaired) electrons. The van der Waals surface area contributed by atoms with Gasteiger partial charge in [-0.05, 0) is 70.5 Å². The molecule has 0 aliphatic rings. The predicted octanol–water partition coefficient (Wildman–Crippen LogP) is 6.54. The van der Waals surface area contributed by atoms with Gasteiger partial charge in [-0.25, -0.2) is 4.79 Å². The molecular formula is C21H27IO2. The zero-order chi connectivity index (χ0) is 18.4. The maximum atomic E-state index is 10.9. The van der Waals surface area contributed by atoms with Gasteiger partial charge < -0.3 is 5.11 Å². The van der Waals surface area contributed by atoms with Gasteiger partial charge in [0.25, 0.3) is 0 Å². The Balaban J connectivity index is 0.000000243. The number of aryl methyl sites for hydroxylation is 2. The number of aromatic carboxylic acids is 1. The van der Waals surface area contributed by atoms with E-state index >= 15 is 0 Å². The molecule has 0 unspecified atom stereocenters. The maximum absolute atomic E-state index is 10.9. The van der Waals surface area contributed by atoms with E-state index in [1.165, 1.54) is 14.7 Å². The highest BCUT2D eigenvalue weighted by atomic mass is 127. The van der Waals surface area contributed by atoms with Crippen LogP contribution >= 0.6 is 22.6 Å². The highest BCUT2D eigenvalue weighted by Gasteiger charge is 2.14. The van der Waals surface area contributed by atoms with Gasteiger partial charge in [-0.15, -0.1) is 0 Å². The summed E-state index contributed by atoms with van der Waals surface area (Å²) in [5.74, 6) is 0.0644. The number of carbonyl (C=O) groups is 1. The Labute approximate surface area is 159 Å². The summed E-state index contributed by atoms with van der Waals surface area (Å²) in [6.45, 7) is 12.5. The number of halogens is 1. The Kier molecular flexibility index (Phi) is 7.94. The van der Waals surface area contributed by atoms with E-state index in [1.807, 2.05) is 39.0 Å². The van der Waals surface area contributed by atoms with E-state index in [-0.39, 0.29) is 5.92 Å². The van der Waals surface area contributed by atoms with Gasteiger partial charge in [0, 0.05) is 3.57 Å². The topological polar surface area (TPSA) is 37.3 Å². The molecule has 24 heavy (non-hydrogen) atoms. The molecule has 2 rings (SSSR count). The fraction of sp³-hybridized carbons (Fsp3) is 0.381. The Bertz CT molecular complexity index is 703. The minimum Gasteiger partial charge on any atom is -0.478 e. The first kappa shape index (κ1) is 20.7. The number of hydrogen-bond donors (Lipinski definition) is 1. The number of carboxylic acids is 1. The van der Waals surface area contributed by atoms with Gasteiger partial charge >= 0.3 is 5.97 Å². The lowest BCUT2D eigenvalue weighted by Gasteiger charge is -2.11. The van der Waals surface area contributed by atoms with Crippen LogP contribution in [0, 0.1) is 17.4 Å². The molecule has 2 aromatic rings. The van der Waals surface area contributed by atoms with E-state index in [0.717, 1.165) is 11.1 Å². The van der Waals surface area contributed by atoms with Crippen LogP contribution in [0.3, 0.4) is 0 Å². The van der Waals surface area contributed by atoms with Crippen molar-refractivity contribution in [1.29, 1.82) is 0 Å². The summed E-state index contributed by atoms with van der Waals surface area (Å²) in [5, 5.41) is 9.00. The van der Waals surface area contributed by atoms with Crippen LogP contribution in [0.4, 0.5) is 0 Å². The molecule has 0 aromatic heterocycles. The van der Waals surface area contributed by atoms with Gasteiger partial charge in [-0.2, -0.15) is 0 Å². The van der Waals surface area contributed by atoms with Crippen molar-refractivity contribution in [2.24, 2.45) is 0 Å². The lowest BCUT2D eigenvalue weighted by molar-refractivity contribution is 0.0694. The standard InChI is InChI=1S/C11H14O2.C10H13I/c1-7(2)9-6-4-5-8(3)10(9)11(12)13;1-7(2)9-6-4-5-8(3)10(9)11/h4-7H,1-3H3,(H,12,13);4-7H,1-3H3. The molecule has 0 spiro atoms. The fourth-order valence-corrected chi connectivity index (χ4v) is 3.56. The van der Waals surface area contributed by atoms with Gasteiger partial charge in [0.05, 0.1) is 5.56 Å². The van der Waals surface area contributed by atoms with Gasteiger partial charge in [-0.1, -0.05) is 64.1 Å². The average molecular weight is 438 g/mol. The molecule has 0 saturated heterocycles. The second-order valence-electron chi connectivity index (χ2n) is 6.63. The molecule has 0 fully saturated rings. The Morgan fingerprint density at radius 3 is 1.71 bits per heavy atom. The third-order valence-electron chi connectivity index (χ3n) is 3.98. The van der Waals surface area contributed by atoms with Crippen LogP contribution in [0.5, 0.6) is 0 Å². The number of hydrogen-bond acceptors (Lipinski definition) is 1. The molecule has 0 heterocycles. The minimum absolute atomic E-state index is 0.256. The predicted molar refractivity (Wildman–Crippen MR) is 110 cm³/mol. The third-order valence-corrected chi connectivity index (χ3v) is 5.46. The molecule has 0 aliphatic heterocycles. The van der Waals surface area contributed by atoms with Crippen molar-refractivity contribution in [2.45, 2.75) is 53.4 Å². The summed E-state index contributed by atoms with van der Waals surface area (Å²) in [7, 11) is 0. The quantitative estimate of drug-likeness (QED) is 0.553. The summed E-state index contributed by atoms with van der Waals surface area (Å²) in [6, 6.07) is 12.1. The van der Waals surface area contributed by atoms with Crippen LogP contribution in [0.25, 0.3) is 0 Å². The summed E-state index contributed by atoms with van der Waals surface area (Å²) in [5.41, 5.74) is 5.05. The van der Waals surface area contributed by atoms with Crippen molar-refractivity contribution in [2.75, 3.05) is 0 Å². The van der Waals surface area contributed by atoms with E-state index in [9.17, 15) is 4.79 Å². The summed E-state index contributed by atoms with van der Waals surface area (Å²) >= 11 is 2.42. The molecule has 0 amide bonds.